The van der Waals surface area contributed by atoms with Gasteiger partial charge in [-0.2, -0.15) is 0 Å². The van der Waals surface area contributed by atoms with Crippen LogP contribution in [0.5, 0.6) is 0 Å². The minimum Gasteiger partial charge on any atom is -0.398 e. The number of carbonyl (C=O) groups is 1. The third-order valence-electron chi connectivity index (χ3n) is 2.11. The molecule has 2 rings (SSSR count). The molecule has 0 aliphatic heterocycles. The summed E-state index contributed by atoms with van der Waals surface area (Å²) in [4.78, 5) is 16.0. The molecule has 0 amide bonds. The second-order valence-corrected chi connectivity index (χ2v) is 5.15. The third kappa shape index (κ3) is 2.48. The number of hydrogen-bond donors (Lipinski definition) is 1. The number of halogens is 1. The molecule has 2 aromatic rings. The number of nitrogens with two attached hydrogens (primary N) is 1. The van der Waals surface area contributed by atoms with Gasteiger partial charge in [0, 0.05) is 27.3 Å². The lowest BCUT2D eigenvalue weighted by atomic mass is 10.1. The second-order valence-electron chi connectivity index (χ2n) is 3.26. The van der Waals surface area contributed by atoms with Gasteiger partial charge in [-0.25, -0.2) is 4.98 Å². The molecule has 82 valence electrons. The van der Waals surface area contributed by atoms with Crippen LogP contribution in [0.4, 0.5) is 5.69 Å². The molecule has 3 nitrogen and oxygen atoms in total. The van der Waals surface area contributed by atoms with Crippen molar-refractivity contribution in [2.24, 2.45) is 0 Å². The van der Waals surface area contributed by atoms with Gasteiger partial charge < -0.3 is 5.73 Å². The van der Waals surface area contributed by atoms with Crippen LogP contribution in [0.2, 0.25) is 0 Å². The summed E-state index contributed by atoms with van der Waals surface area (Å²) in [5, 5.41) is 2.67. The van der Waals surface area contributed by atoms with Gasteiger partial charge in [-0.05, 0) is 18.2 Å². The summed E-state index contributed by atoms with van der Waals surface area (Å²) < 4.78 is 0.871. The van der Waals surface area contributed by atoms with Crippen LogP contribution in [0.15, 0.2) is 34.2 Å². The molecule has 0 atom stereocenters. The Kier molecular flexibility index (Phi) is 3.36. The second kappa shape index (κ2) is 4.76. The summed E-state index contributed by atoms with van der Waals surface area (Å²) in [5.41, 5.74) is 6.83. The van der Waals surface area contributed by atoms with Crippen LogP contribution in [0.3, 0.4) is 0 Å². The van der Waals surface area contributed by atoms with Crippen molar-refractivity contribution in [2.75, 3.05) is 5.73 Å². The quantitative estimate of drug-likeness (QED) is 0.700. The van der Waals surface area contributed by atoms with E-state index in [1.54, 1.807) is 18.3 Å². The van der Waals surface area contributed by atoms with E-state index in [9.17, 15) is 4.79 Å². The van der Waals surface area contributed by atoms with Crippen molar-refractivity contribution < 1.29 is 4.79 Å². The SMILES string of the molecule is Nc1cc(Br)ccc1C(=O)Cc1nccs1. The lowest BCUT2D eigenvalue weighted by Gasteiger charge is -2.03. The standard InChI is InChI=1S/C11H9BrN2OS/c12-7-1-2-8(9(13)5-7)10(15)6-11-14-3-4-16-11/h1-5H,6,13H2. The first kappa shape index (κ1) is 11.3. The molecule has 1 aromatic carbocycles. The highest BCUT2D eigenvalue weighted by Gasteiger charge is 2.11. The van der Waals surface area contributed by atoms with Gasteiger partial charge in [0.1, 0.15) is 5.01 Å². The number of benzene rings is 1. The molecule has 1 heterocycles. The van der Waals surface area contributed by atoms with E-state index in [0.717, 1.165) is 9.48 Å². The van der Waals surface area contributed by atoms with Gasteiger partial charge >= 0.3 is 0 Å². The zero-order valence-corrected chi connectivity index (χ0v) is 10.7. The summed E-state index contributed by atoms with van der Waals surface area (Å²) in [5.74, 6) is -0.0000463. The number of hydrogen-bond acceptors (Lipinski definition) is 4. The van der Waals surface area contributed by atoms with Crippen molar-refractivity contribution >= 4 is 38.7 Å². The summed E-state index contributed by atoms with van der Waals surface area (Å²) >= 11 is 4.78. The van der Waals surface area contributed by atoms with Gasteiger partial charge in [-0.15, -0.1) is 11.3 Å². The monoisotopic (exact) mass is 296 g/mol. The molecule has 0 radical (unpaired) electrons. The largest absolute Gasteiger partial charge is 0.398 e. The highest BCUT2D eigenvalue weighted by Crippen LogP contribution is 2.20. The molecule has 16 heavy (non-hydrogen) atoms. The highest BCUT2D eigenvalue weighted by atomic mass is 79.9. The molecule has 0 fully saturated rings. The number of aromatic nitrogens is 1. The van der Waals surface area contributed by atoms with Crippen LogP contribution in [0.1, 0.15) is 15.4 Å². The van der Waals surface area contributed by atoms with Gasteiger partial charge in [0.2, 0.25) is 0 Å². The Hall–Kier alpha value is -1.20. The zero-order valence-electron chi connectivity index (χ0n) is 8.31. The van der Waals surface area contributed by atoms with E-state index in [4.69, 9.17) is 5.73 Å². The molecule has 0 bridgehead atoms. The predicted molar refractivity (Wildman–Crippen MR) is 68.7 cm³/mol. The lowest BCUT2D eigenvalue weighted by molar-refractivity contribution is 0.0994. The number of anilines is 1. The molecule has 0 aliphatic rings. The molecule has 2 N–H and O–H groups in total. The Morgan fingerprint density at radius 2 is 2.31 bits per heavy atom. The van der Waals surface area contributed by atoms with E-state index >= 15 is 0 Å². The summed E-state index contributed by atoms with van der Waals surface area (Å²) in [7, 11) is 0. The van der Waals surface area contributed by atoms with Gasteiger partial charge in [0.25, 0.3) is 0 Å². The van der Waals surface area contributed by atoms with Gasteiger partial charge in [0.05, 0.1) is 6.42 Å². The number of thiazole rings is 1. The molecule has 0 unspecified atom stereocenters. The van der Waals surface area contributed by atoms with Crippen molar-refractivity contribution in [2.45, 2.75) is 6.42 Å². The Labute approximate surface area is 105 Å². The fourth-order valence-corrected chi connectivity index (χ4v) is 2.35. The van der Waals surface area contributed by atoms with Gasteiger partial charge in [0.15, 0.2) is 5.78 Å². The van der Waals surface area contributed by atoms with Gasteiger partial charge in [-0.3, -0.25) is 4.79 Å². The third-order valence-corrected chi connectivity index (χ3v) is 3.38. The van der Waals surface area contributed by atoms with Crippen LogP contribution in [-0.2, 0) is 6.42 Å². The van der Waals surface area contributed by atoms with E-state index in [2.05, 4.69) is 20.9 Å². The maximum atomic E-state index is 11.9. The molecule has 5 heteroatoms. The highest BCUT2D eigenvalue weighted by molar-refractivity contribution is 9.10. The van der Waals surface area contributed by atoms with Crippen LogP contribution < -0.4 is 5.73 Å². The number of Topliss-reactive ketones (excluding diaryl/α,β-unsaturated/α-hetero) is 1. The number of nitrogen functional groups attached to an aromatic ring is 1. The predicted octanol–water partition coefficient (Wildman–Crippen LogP) is 2.91. The molecule has 0 saturated carbocycles. The molecule has 0 aliphatic carbocycles. The first-order valence-electron chi connectivity index (χ1n) is 4.63. The molecular weight excluding hydrogens is 288 g/mol. The summed E-state index contributed by atoms with van der Waals surface area (Å²) in [6, 6.07) is 5.27. The van der Waals surface area contributed by atoms with E-state index in [1.807, 2.05) is 11.4 Å². The first-order chi connectivity index (χ1) is 7.66. The fraction of sp³-hybridized carbons (Fsp3) is 0.0909. The summed E-state index contributed by atoms with van der Waals surface area (Å²) in [6.07, 6.45) is 2.00. The van der Waals surface area contributed by atoms with E-state index < -0.39 is 0 Å². The van der Waals surface area contributed by atoms with E-state index in [1.165, 1.54) is 11.3 Å². The van der Waals surface area contributed by atoms with E-state index in [0.29, 0.717) is 17.7 Å². The number of rotatable bonds is 3. The maximum Gasteiger partial charge on any atom is 0.171 e. The van der Waals surface area contributed by atoms with Crippen LogP contribution in [-0.4, -0.2) is 10.8 Å². The van der Waals surface area contributed by atoms with Crippen LogP contribution in [0.25, 0.3) is 0 Å². The molecule has 0 spiro atoms. The number of carbonyl (C=O) groups excluding carboxylic acids is 1. The number of nitrogens with zero attached hydrogens (tertiary/aromatic N) is 1. The van der Waals surface area contributed by atoms with Crippen LogP contribution >= 0.6 is 27.3 Å². The Bertz CT molecular complexity index is 511. The van der Waals surface area contributed by atoms with Crippen molar-refractivity contribution in [1.29, 1.82) is 0 Å². The Morgan fingerprint density at radius 1 is 1.50 bits per heavy atom. The van der Waals surface area contributed by atoms with E-state index in [-0.39, 0.29) is 5.78 Å². The molecule has 1 aromatic heterocycles. The first-order valence-corrected chi connectivity index (χ1v) is 6.30. The minimum absolute atomic E-state index is 0.0000463. The van der Waals surface area contributed by atoms with Crippen molar-refractivity contribution in [1.82, 2.24) is 4.98 Å². The van der Waals surface area contributed by atoms with Crippen molar-refractivity contribution in [3.63, 3.8) is 0 Å². The van der Waals surface area contributed by atoms with Gasteiger partial charge in [-0.1, -0.05) is 15.9 Å². The Morgan fingerprint density at radius 3 is 2.94 bits per heavy atom. The zero-order chi connectivity index (χ0) is 11.5. The summed E-state index contributed by atoms with van der Waals surface area (Å²) in [6.45, 7) is 0. The van der Waals surface area contributed by atoms with Crippen LogP contribution in [0, 0.1) is 0 Å². The molecule has 0 saturated heterocycles. The minimum atomic E-state index is -0.0000463. The smallest absolute Gasteiger partial charge is 0.171 e. The fourth-order valence-electron chi connectivity index (χ4n) is 1.36. The number of ketones is 1. The maximum absolute atomic E-state index is 11.9. The topological polar surface area (TPSA) is 56.0 Å². The average Bonchev–Trinajstić information content (AvgIpc) is 2.70. The lowest BCUT2D eigenvalue weighted by Crippen LogP contribution is -2.06. The van der Waals surface area contributed by atoms with Crippen molar-refractivity contribution in [3.8, 4) is 0 Å². The normalized spacial score (nSPS) is 10.3. The average molecular weight is 297 g/mol. The molecular formula is C11H9BrN2OS. The Balaban J connectivity index is 2.21. The van der Waals surface area contributed by atoms with Crippen molar-refractivity contribution in [3.05, 3.63) is 44.8 Å².